The van der Waals surface area contributed by atoms with Gasteiger partial charge in [-0.1, -0.05) is 17.3 Å². The molecule has 24 heavy (non-hydrogen) atoms. The second kappa shape index (κ2) is 6.73. The second-order valence-electron chi connectivity index (χ2n) is 5.85. The molecule has 3 heterocycles. The van der Waals surface area contributed by atoms with E-state index in [2.05, 4.69) is 5.16 Å². The molecule has 124 valence electrons. The predicted molar refractivity (Wildman–Crippen MR) is 92.8 cm³/mol. The van der Waals surface area contributed by atoms with Crippen molar-refractivity contribution in [2.45, 2.75) is 18.1 Å². The fraction of sp³-hybridized carbons (Fsp3) is 0.333. The Bertz CT molecular complexity index is 828. The molecular formula is C18H18N2O3S. The van der Waals surface area contributed by atoms with Crippen LogP contribution in [0.2, 0.25) is 0 Å². The van der Waals surface area contributed by atoms with E-state index >= 15 is 0 Å². The summed E-state index contributed by atoms with van der Waals surface area (Å²) in [6, 6.07) is 11.6. The first-order chi connectivity index (χ1) is 11.8. The first-order valence-corrected chi connectivity index (χ1v) is 9.12. The van der Waals surface area contributed by atoms with Gasteiger partial charge in [-0.25, -0.2) is 0 Å². The molecule has 0 spiro atoms. The molecule has 0 N–H and O–H groups in total. The van der Waals surface area contributed by atoms with E-state index in [1.807, 2.05) is 53.1 Å². The fourth-order valence-corrected chi connectivity index (χ4v) is 4.22. The second-order valence-corrected chi connectivity index (χ2v) is 7.16. The van der Waals surface area contributed by atoms with Crippen molar-refractivity contribution in [2.24, 2.45) is 0 Å². The van der Waals surface area contributed by atoms with Crippen LogP contribution in [0.4, 0.5) is 0 Å². The molecule has 1 aromatic carbocycles. The molecule has 1 aliphatic heterocycles. The number of aromatic nitrogens is 1. The van der Waals surface area contributed by atoms with Crippen LogP contribution in [0, 0.1) is 0 Å². The van der Waals surface area contributed by atoms with Gasteiger partial charge in [0.25, 0.3) is 0 Å². The summed E-state index contributed by atoms with van der Waals surface area (Å²) in [7, 11) is 0. The minimum atomic E-state index is 0.106. The van der Waals surface area contributed by atoms with E-state index in [0.29, 0.717) is 5.25 Å². The van der Waals surface area contributed by atoms with Gasteiger partial charge in [0.1, 0.15) is 11.5 Å². The lowest BCUT2D eigenvalue weighted by molar-refractivity contribution is -0.130. The molecule has 1 unspecified atom stereocenters. The van der Waals surface area contributed by atoms with Gasteiger partial charge < -0.3 is 13.8 Å². The number of carbonyl (C=O) groups excluding carboxylic acids is 1. The van der Waals surface area contributed by atoms with Crippen LogP contribution in [0.3, 0.4) is 0 Å². The number of benzene rings is 1. The van der Waals surface area contributed by atoms with Gasteiger partial charge in [-0.3, -0.25) is 4.79 Å². The van der Waals surface area contributed by atoms with Crippen LogP contribution in [0.1, 0.15) is 23.1 Å². The number of nitrogens with zero attached hydrogens (tertiary/aromatic N) is 2. The highest BCUT2D eigenvalue weighted by atomic mass is 32.2. The third-order valence-corrected chi connectivity index (χ3v) is 5.61. The molecule has 1 fully saturated rings. The number of hydrogen-bond acceptors (Lipinski definition) is 5. The van der Waals surface area contributed by atoms with E-state index in [1.165, 1.54) is 0 Å². The maximum absolute atomic E-state index is 12.7. The molecule has 2 aromatic heterocycles. The van der Waals surface area contributed by atoms with E-state index in [-0.39, 0.29) is 12.3 Å². The van der Waals surface area contributed by atoms with E-state index in [1.54, 1.807) is 6.26 Å². The van der Waals surface area contributed by atoms with Gasteiger partial charge >= 0.3 is 0 Å². The molecule has 3 aromatic rings. The fourth-order valence-electron chi connectivity index (χ4n) is 3.04. The van der Waals surface area contributed by atoms with Gasteiger partial charge in [0.05, 0.1) is 17.9 Å². The number of para-hydroxylation sites is 1. The molecule has 0 aliphatic carbocycles. The van der Waals surface area contributed by atoms with Crippen molar-refractivity contribution in [1.82, 2.24) is 10.1 Å². The highest BCUT2D eigenvalue weighted by Gasteiger charge is 2.24. The molecule has 6 heteroatoms. The average Bonchev–Trinajstić information content (AvgIpc) is 3.20. The Kier molecular flexibility index (Phi) is 4.30. The molecule has 0 bridgehead atoms. The molecule has 0 saturated carbocycles. The summed E-state index contributed by atoms with van der Waals surface area (Å²) < 4.78 is 10.8. The molecule has 1 aliphatic rings. The highest BCUT2D eigenvalue weighted by Crippen LogP contribution is 2.34. The van der Waals surface area contributed by atoms with Crippen LogP contribution in [-0.2, 0) is 11.2 Å². The zero-order chi connectivity index (χ0) is 16.4. The maximum Gasteiger partial charge on any atom is 0.228 e. The Hall–Kier alpha value is -2.21. The molecule has 1 saturated heterocycles. The Morgan fingerprint density at radius 1 is 1.25 bits per heavy atom. The van der Waals surface area contributed by atoms with Crippen molar-refractivity contribution in [3.63, 3.8) is 0 Å². The third kappa shape index (κ3) is 3.06. The number of fused-ring (bicyclic) bond motifs is 1. The standard InChI is InChI=1S/C18H18N2O3S/c21-18(12-14-13-4-1-2-5-15(13)23-19-14)20-8-7-17(24-11-9-20)16-6-3-10-22-16/h1-6,10,17H,7-9,11-12H2. The van der Waals surface area contributed by atoms with Crippen LogP contribution in [-0.4, -0.2) is 34.8 Å². The largest absolute Gasteiger partial charge is 0.468 e. The Morgan fingerprint density at radius 2 is 2.17 bits per heavy atom. The number of thioether (sulfide) groups is 1. The molecular weight excluding hydrogens is 324 g/mol. The Labute approximate surface area is 144 Å². The minimum absolute atomic E-state index is 0.106. The topological polar surface area (TPSA) is 59.5 Å². The van der Waals surface area contributed by atoms with E-state index in [9.17, 15) is 4.79 Å². The molecule has 4 rings (SSSR count). The Balaban J connectivity index is 1.43. The van der Waals surface area contributed by atoms with Crippen molar-refractivity contribution < 1.29 is 13.7 Å². The van der Waals surface area contributed by atoms with E-state index in [0.717, 1.165) is 47.7 Å². The van der Waals surface area contributed by atoms with E-state index in [4.69, 9.17) is 8.94 Å². The molecule has 1 amide bonds. The summed E-state index contributed by atoms with van der Waals surface area (Å²) in [5.74, 6) is 2.02. The van der Waals surface area contributed by atoms with Crippen LogP contribution < -0.4 is 0 Å². The molecule has 5 nitrogen and oxygen atoms in total. The van der Waals surface area contributed by atoms with Gasteiger partial charge in [0.15, 0.2) is 5.58 Å². The van der Waals surface area contributed by atoms with Crippen molar-refractivity contribution in [3.8, 4) is 0 Å². The summed E-state index contributed by atoms with van der Waals surface area (Å²) in [6.07, 6.45) is 2.90. The number of carbonyl (C=O) groups is 1. The smallest absolute Gasteiger partial charge is 0.228 e. The molecule has 1 atom stereocenters. The number of hydrogen-bond donors (Lipinski definition) is 0. The zero-order valence-corrected chi connectivity index (χ0v) is 14.0. The lowest BCUT2D eigenvalue weighted by Gasteiger charge is -2.19. The minimum Gasteiger partial charge on any atom is -0.468 e. The van der Waals surface area contributed by atoms with Gasteiger partial charge in [-0.15, -0.1) is 11.8 Å². The number of rotatable bonds is 3. The quantitative estimate of drug-likeness (QED) is 0.727. The third-order valence-electron chi connectivity index (χ3n) is 4.33. The van der Waals surface area contributed by atoms with Crippen molar-refractivity contribution in [3.05, 3.63) is 54.1 Å². The van der Waals surface area contributed by atoms with E-state index < -0.39 is 0 Å². The lowest BCUT2D eigenvalue weighted by atomic mass is 10.1. The number of furan rings is 1. The summed E-state index contributed by atoms with van der Waals surface area (Å²) in [5.41, 5.74) is 1.44. The van der Waals surface area contributed by atoms with Gasteiger partial charge in [0, 0.05) is 24.2 Å². The zero-order valence-electron chi connectivity index (χ0n) is 13.2. The van der Waals surface area contributed by atoms with Crippen LogP contribution in [0.15, 0.2) is 51.6 Å². The predicted octanol–water partition coefficient (Wildman–Crippen LogP) is 3.67. The summed E-state index contributed by atoms with van der Waals surface area (Å²) >= 11 is 1.85. The van der Waals surface area contributed by atoms with Crippen LogP contribution in [0.25, 0.3) is 11.0 Å². The van der Waals surface area contributed by atoms with Crippen LogP contribution in [0.5, 0.6) is 0 Å². The molecule has 0 radical (unpaired) electrons. The van der Waals surface area contributed by atoms with Crippen LogP contribution >= 0.6 is 11.8 Å². The summed E-state index contributed by atoms with van der Waals surface area (Å²) in [6.45, 7) is 1.50. The van der Waals surface area contributed by atoms with Crippen molar-refractivity contribution in [1.29, 1.82) is 0 Å². The lowest BCUT2D eigenvalue weighted by Crippen LogP contribution is -2.34. The SMILES string of the molecule is O=C(Cc1noc2ccccc12)N1CCSC(c2ccco2)CC1. The monoisotopic (exact) mass is 342 g/mol. The maximum atomic E-state index is 12.7. The van der Waals surface area contributed by atoms with Crippen molar-refractivity contribution in [2.75, 3.05) is 18.8 Å². The summed E-state index contributed by atoms with van der Waals surface area (Å²) in [4.78, 5) is 14.6. The summed E-state index contributed by atoms with van der Waals surface area (Å²) in [5, 5.41) is 5.31. The average molecular weight is 342 g/mol. The first kappa shape index (κ1) is 15.3. The van der Waals surface area contributed by atoms with Gasteiger partial charge in [-0.05, 0) is 30.7 Å². The van der Waals surface area contributed by atoms with Gasteiger partial charge in [-0.2, -0.15) is 0 Å². The van der Waals surface area contributed by atoms with Gasteiger partial charge in [0.2, 0.25) is 5.91 Å². The van der Waals surface area contributed by atoms with Crippen molar-refractivity contribution >= 4 is 28.6 Å². The first-order valence-electron chi connectivity index (χ1n) is 8.07. The highest BCUT2D eigenvalue weighted by molar-refractivity contribution is 7.99. The Morgan fingerprint density at radius 3 is 3.04 bits per heavy atom. The normalized spacial score (nSPS) is 18.7. The number of amides is 1.